The number of amides is 1. The highest BCUT2D eigenvalue weighted by molar-refractivity contribution is 6.31. The number of halogens is 2. The fraction of sp³-hybridized carbons (Fsp3) is 0.150. The largest absolute Gasteiger partial charge is 0.311 e. The van der Waals surface area contributed by atoms with E-state index in [1.165, 1.54) is 4.90 Å². The Hall–Kier alpha value is -2.61. The number of benzene rings is 2. The van der Waals surface area contributed by atoms with Crippen LogP contribution < -0.4 is 0 Å². The summed E-state index contributed by atoms with van der Waals surface area (Å²) in [5.74, 6) is -0.652. The van der Waals surface area contributed by atoms with E-state index in [1.54, 1.807) is 48.5 Å². The monoisotopic (exact) mass is 384 g/mol. The third kappa shape index (κ3) is 3.65. The lowest BCUT2D eigenvalue weighted by molar-refractivity contribution is 0.0824. The van der Waals surface area contributed by atoms with Crippen molar-refractivity contribution in [3.05, 3.63) is 81.0 Å². The molecule has 1 saturated heterocycles. The van der Waals surface area contributed by atoms with Crippen molar-refractivity contribution in [3.63, 3.8) is 0 Å². The van der Waals surface area contributed by atoms with Crippen LogP contribution in [0.5, 0.6) is 0 Å². The highest BCUT2D eigenvalue weighted by Crippen LogP contribution is 2.28. The molecule has 1 aliphatic rings. The summed E-state index contributed by atoms with van der Waals surface area (Å²) < 4.78 is 0. The van der Waals surface area contributed by atoms with Crippen LogP contribution in [0.2, 0.25) is 10.0 Å². The Kier molecular flexibility index (Phi) is 5.41. The molecule has 26 heavy (non-hydrogen) atoms. The molecule has 0 aliphatic carbocycles. The number of nitrogens with zero attached hydrogens (tertiary/aromatic N) is 2. The quantitative estimate of drug-likeness (QED) is 0.429. The Balaban J connectivity index is 1.96. The number of allylic oxidation sites excluding steroid dienone is 2. The summed E-state index contributed by atoms with van der Waals surface area (Å²) in [6, 6.07) is 14.9. The van der Waals surface area contributed by atoms with Crippen LogP contribution in [0.4, 0.5) is 0 Å². The lowest BCUT2D eigenvalue weighted by Crippen LogP contribution is -2.28. The molecule has 1 heterocycles. The molecule has 1 aliphatic heterocycles. The van der Waals surface area contributed by atoms with Crippen molar-refractivity contribution in [1.29, 1.82) is 5.26 Å². The third-order valence-corrected chi connectivity index (χ3v) is 4.70. The van der Waals surface area contributed by atoms with E-state index in [-0.39, 0.29) is 11.5 Å². The first-order valence-electron chi connectivity index (χ1n) is 8.02. The molecule has 0 atom stereocenters. The van der Waals surface area contributed by atoms with Gasteiger partial charge in [0, 0.05) is 33.4 Å². The number of Topliss-reactive ketones (excluding diaryl/α,β-unsaturated/α-hetero) is 1. The van der Waals surface area contributed by atoms with Crippen LogP contribution in [-0.2, 0) is 0 Å². The number of carbonyl (C=O) groups is 2. The van der Waals surface area contributed by atoms with Gasteiger partial charge in [-0.2, -0.15) is 5.26 Å². The van der Waals surface area contributed by atoms with Gasteiger partial charge in [0.1, 0.15) is 11.6 Å². The number of hydrogen-bond donors (Lipinski definition) is 0. The van der Waals surface area contributed by atoms with E-state index in [0.29, 0.717) is 46.3 Å². The predicted molar refractivity (Wildman–Crippen MR) is 100 cm³/mol. The van der Waals surface area contributed by atoms with Gasteiger partial charge in [-0.1, -0.05) is 23.2 Å². The molecule has 0 spiro atoms. The topological polar surface area (TPSA) is 61.2 Å². The normalized spacial score (nSPS) is 15.5. The highest BCUT2D eigenvalue weighted by atomic mass is 35.5. The number of ketones is 1. The Morgan fingerprint density at radius 2 is 1.46 bits per heavy atom. The molecule has 3 rings (SSSR count). The molecule has 6 heteroatoms. The van der Waals surface area contributed by atoms with Gasteiger partial charge in [-0.15, -0.1) is 0 Å². The Bertz CT molecular complexity index is 926. The molecule has 2 aromatic carbocycles. The molecule has 0 saturated carbocycles. The maximum absolute atomic E-state index is 12.8. The summed E-state index contributed by atoms with van der Waals surface area (Å²) in [5.41, 5.74) is 1.29. The molecule has 0 aromatic heterocycles. The molecule has 1 amide bonds. The molecular weight excluding hydrogens is 371 g/mol. The molecule has 0 bridgehead atoms. The maximum Gasteiger partial charge on any atom is 0.258 e. The van der Waals surface area contributed by atoms with Crippen molar-refractivity contribution in [2.75, 3.05) is 6.54 Å². The van der Waals surface area contributed by atoms with Crippen LogP contribution in [0.3, 0.4) is 0 Å². The first-order valence-corrected chi connectivity index (χ1v) is 8.78. The van der Waals surface area contributed by atoms with Gasteiger partial charge in [0.15, 0.2) is 0 Å². The highest BCUT2D eigenvalue weighted by Gasteiger charge is 2.30. The Morgan fingerprint density at radius 1 is 0.923 bits per heavy atom. The summed E-state index contributed by atoms with van der Waals surface area (Å²) in [4.78, 5) is 27.1. The zero-order valence-corrected chi connectivity index (χ0v) is 15.2. The molecule has 2 aromatic rings. The summed E-state index contributed by atoms with van der Waals surface area (Å²) in [5, 5.41) is 10.6. The average Bonchev–Trinajstić information content (AvgIpc) is 3.12. The Morgan fingerprint density at radius 3 is 2.00 bits per heavy atom. The molecule has 4 nitrogen and oxygen atoms in total. The summed E-state index contributed by atoms with van der Waals surface area (Å²) in [6.07, 6.45) is 1.20. The number of nitriles is 1. The summed E-state index contributed by atoms with van der Waals surface area (Å²) in [6.45, 7) is 0.468. The lowest BCUT2D eigenvalue weighted by Gasteiger charge is -2.19. The fourth-order valence-corrected chi connectivity index (χ4v) is 3.15. The summed E-state index contributed by atoms with van der Waals surface area (Å²) in [7, 11) is 0. The zero-order chi connectivity index (χ0) is 18.7. The number of carbonyl (C=O) groups excluding carboxylic acids is 2. The fourth-order valence-electron chi connectivity index (χ4n) is 2.90. The van der Waals surface area contributed by atoms with Crippen LogP contribution in [0, 0.1) is 11.3 Å². The minimum atomic E-state index is -0.407. The molecule has 130 valence electrons. The summed E-state index contributed by atoms with van der Waals surface area (Å²) >= 11 is 11.7. The second-order valence-corrected chi connectivity index (χ2v) is 6.71. The molecular formula is C20H14Cl2N2O2. The van der Waals surface area contributed by atoms with Crippen LogP contribution in [0.1, 0.15) is 33.6 Å². The van der Waals surface area contributed by atoms with Crippen LogP contribution in [0.15, 0.2) is 59.8 Å². The average molecular weight is 385 g/mol. The maximum atomic E-state index is 12.8. The van der Waals surface area contributed by atoms with Gasteiger partial charge in [0.25, 0.3) is 5.91 Å². The van der Waals surface area contributed by atoms with Crippen molar-refractivity contribution >= 4 is 34.9 Å². The van der Waals surface area contributed by atoms with Gasteiger partial charge in [-0.25, -0.2) is 0 Å². The second-order valence-electron chi connectivity index (χ2n) is 5.84. The van der Waals surface area contributed by atoms with E-state index >= 15 is 0 Å². The molecule has 1 fully saturated rings. The lowest BCUT2D eigenvalue weighted by atomic mass is 10.0. The predicted octanol–water partition coefficient (Wildman–Crippen LogP) is 4.89. The SMILES string of the molecule is N#C/C(C(=O)c1ccc(Cl)cc1)=C1/CCCN1C(=O)c1ccc(Cl)cc1. The van der Waals surface area contributed by atoms with E-state index in [4.69, 9.17) is 23.2 Å². The standard InChI is InChI=1S/C20H14Cl2N2O2/c21-15-7-3-13(4-8-15)19(25)17(12-23)18-2-1-11-24(18)20(26)14-5-9-16(22)10-6-14/h3-10H,1-2,11H2/b18-17+. The van der Waals surface area contributed by atoms with Gasteiger partial charge in [0.2, 0.25) is 5.78 Å². The number of rotatable bonds is 3. The van der Waals surface area contributed by atoms with Crippen LogP contribution in [0.25, 0.3) is 0 Å². The first kappa shape index (κ1) is 18.2. The van der Waals surface area contributed by atoms with E-state index in [9.17, 15) is 14.9 Å². The molecule has 0 N–H and O–H groups in total. The van der Waals surface area contributed by atoms with Crippen LogP contribution >= 0.6 is 23.2 Å². The second kappa shape index (κ2) is 7.74. The number of likely N-dealkylation sites (tertiary alicyclic amines) is 1. The van der Waals surface area contributed by atoms with E-state index < -0.39 is 5.78 Å². The van der Waals surface area contributed by atoms with E-state index in [0.717, 1.165) is 0 Å². The first-order chi connectivity index (χ1) is 12.5. The minimum absolute atomic E-state index is 0.00728. The molecule has 0 radical (unpaired) electrons. The smallest absolute Gasteiger partial charge is 0.258 e. The van der Waals surface area contributed by atoms with Crippen molar-refractivity contribution in [3.8, 4) is 6.07 Å². The van der Waals surface area contributed by atoms with E-state index in [1.807, 2.05) is 6.07 Å². The zero-order valence-electron chi connectivity index (χ0n) is 13.7. The number of hydrogen-bond acceptors (Lipinski definition) is 3. The van der Waals surface area contributed by atoms with Crippen molar-refractivity contribution in [1.82, 2.24) is 4.90 Å². The Labute approximate surface area is 161 Å². The minimum Gasteiger partial charge on any atom is -0.311 e. The van der Waals surface area contributed by atoms with Gasteiger partial charge in [-0.05, 0) is 61.4 Å². The molecule has 0 unspecified atom stereocenters. The van der Waals surface area contributed by atoms with Gasteiger partial charge in [0.05, 0.1) is 0 Å². The van der Waals surface area contributed by atoms with Crippen molar-refractivity contribution in [2.45, 2.75) is 12.8 Å². The van der Waals surface area contributed by atoms with Crippen molar-refractivity contribution in [2.24, 2.45) is 0 Å². The van der Waals surface area contributed by atoms with Gasteiger partial charge < -0.3 is 4.90 Å². The van der Waals surface area contributed by atoms with Crippen molar-refractivity contribution < 1.29 is 9.59 Å². The van der Waals surface area contributed by atoms with Crippen LogP contribution in [-0.4, -0.2) is 23.1 Å². The van der Waals surface area contributed by atoms with Gasteiger partial charge >= 0.3 is 0 Å². The third-order valence-electron chi connectivity index (χ3n) is 4.19. The van der Waals surface area contributed by atoms with E-state index in [2.05, 4.69) is 0 Å². The van der Waals surface area contributed by atoms with Gasteiger partial charge in [-0.3, -0.25) is 9.59 Å².